The van der Waals surface area contributed by atoms with Gasteiger partial charge in [-0.3, -0.25) is 4.79 Å². The molecule has 1 aromatic heterocycles. The van der Waals surface area contributed by atoms with Crippen LogP contribution in [0.3, 0.4) is 0 Å². The Bertz CT molecular complexity index is 915. The van der Waals surface area contributed by atoms with Gasteiger partial charge >= 0.3 is 5.76 Å². The first-order chi connectivity index (χ1) is 13.4. The topological polar surface area (TPSA) is 85.4 Å². The van der Waals surface area contributed by atoms with Crippen molar-refractivity contribution in [2.75, 3.05) is 0 Å². The Labute approximate surface area is 161 Å². The van der Waals surface area contributed by atoms with Crippen LogP contribution in [0.15, 0.2) is 53.6 Å². The van der Waals surface area contributed by atoms with Crippen LogP contribution in [0.1, 0.15) is 36.0 Å². The van der Waals surface area contributed by atoms with Crippen molar-refractivity contribution in [1.29, 1.82) is 0 Å². The summed E-state index contributed by atoms with van der Waals surface area (Å²) in [6.07, 6.45) is 4.28. The largest absolute Gasteiger partial charge is 0.474 e. The third-order valence-corrected chi connectivity index (χ3v) is 6.05. The van der Waals surface area contributed by atoms with E-state index in [9.17, 15) is 22.0 Å². The van der Waals surface area contributed by atoms with Gasteiger partial charge in [0, 0.05) is 18.3 Å². The number of halogens is 2. The Balaban J connectivity index is 1.61. The second-order valence-electron chi connectivity index (χ2n) is 6.53. The lowest BCUT2D eigenvalue weighted by molar-refractivity contribution is 0.0887. The summed E-state index contributed by atoms with van der Waals surface area (Å²) in [7, 11) is -4.86. The predicted molar refractivity (Wildman–Crippen MR) is 98.0 cm³/mol. The Kier molecular flexibility index (Phi) is 6.23. The second kappa shape index (κ2) is 8.64. The van der Waals surface area contributed by atoms with Crippen LogP contribution in [0, 0.1) is 0 Å². The highest BCUT2D eigenvalue weighted by molar-refractivity contribution is 7.91. The first-order valence-electron chi connectivity index (χ1n) is 8.87. The van der Waals surface area contributed by atoms with E-state index in [4.69, 9.17) is 4.74 Å². The Morgan fingerprint density at radius 1 is 1.07 bits per heavy atom. The quantitative estimate of drug-likeness (QED) is 0.791. The monoisotopic (exact) mass is 410 g/mol. The molecule has 150 valence electrons. The molecule has 0 saturated heterocycles. The van der Waals surface area contributed by atoms with Crippen LogP contribution in [0.2, 0.25) is 0 Å². The van der Waals surface area contributed by atoms with Crippen molar-refractivity contribution in [3.63, 3.8) is 0 Å². The summed E-state index contributed by atoms with van der Waals surface area (Å²) in [6.45, 7) is 0. The number of nitrogens with zero attached hydrogens (tertiary/aromatic N) is 1. The average Bonchev–Trinajstić information content (AvgIpc) is 2.70. The van der Waals surface area contributed by atoms with E-state index in [0.29, 0.717) is 31.6 Å². The lowest BCUT2D eigenvalue weighted by atomic mass is 9.92. The SMILES string of the molecule is O=C(NC1CCC(Oc2ccccn2)CC1)c1ccccc1S(=O)(=O)C(F)F. The minimum atomic E-state index is -4.86. The molecule has 1 amide bonds. The van der Waals surface area contributed by atoms with Gasteiger partial charge in [0.25, 0.3) is 5.91 Å². The number of sulfone groups is 1. The van der Waals surface area contributed by atoms with Crippen LogP contribution in [0.4, 0.5) is 8.78 Å². The summed E-state index contributed by atoms with van der Waals surface area (Å²) in [6, 6.07) is 10.2. The Morgan fingerprint density at radius 3 is 2.39 bits per heavy atom. The fourth-order valence-electron chi connectivity index (χ4n) is 3.17. The zero-order chi connectivity index (χ0) is 20.1. The number of amides is 1. The smallest absolute Gasteiger partial charge is 0.341 e. The molecule has 1 saturated carbocycles. The molecule has 1 fully saturated rings. The molecule has 0 spiro atoms. The first-order valence-corrected chi connectivity index (χ1v) is 10.4. The van der Waals surface area contributed by atoms with E-state index >= 15 is 0 Å². The van der Waals surface area contributed by atoms with Crippen molar-refractivity contribution in [1.82, 2.24) is 10.3 Å². The van der Waals surface area contributed by atoms with Gasteiger partial charge in [0.05, 0.1) is 10.5 Å². The highest BCUT2D eigenvalue weighted by Gasteiger charge is 2.32. The lowest BCUT2D eigenvalue weighted by Gasteiger charge is -2.29. The third-order valence-electron chi connectivity index (χ3n) is 4.61. The number of nitrogens with one attached hydrogen (secondary N) is 1. The second-order valence-corrected chi connectivity index (χ2v) is 8.42. The molecule has 28 heavy (non-hydrogen) atoms. The fraction of sp³-hybridized carbons (Fsp3) is 0.368. The van der Waals surface area contributed by atoms with Crippen LogP contribution in [0.5, 0.6) is 5.88 Å². The van der Waals surface area contributed by atoms with Gasteiger partial charge in [-0.15, -0.1) is 0 Å². The maximum absolute atomic E-state index is 12.9. The van der Waals surface area contributed by atoms with Gasteiger partial charge in [0.2, 0.25) is 15.7 Å². The van der Waals surface area contributed by atoms with E-state index in [1.165, 1.54) is 18.2 Å². The molecular weight excluding hydrogens is 390 g/mol. The number of hydrogen-bond acceptors (Lipinski definition) is 5. The van der Waals surface area contributed by atoms with E-state index in [1.807, 2.05) is 6.07 Å². The summed E-state index contributed by atoms with van der Waals surface area (Å²) < 4.78 is 55.2. The number of benzene rings is 1. The van der Waals surface area contributed by atoms with E-state index in [2.05, 4.69) is 10.3 Å². The van der Waals surface area contributed by atoms with Crippen LogP contribution in [-0.2, 0) is 9.84 Å². The highest BCUT2D eigenvalue weighted by Crippen LogP contribution is 2.25. The van der Waals surface area contributed by atoms with Gasteiger partial charge in [0.15, 0.2) is 0 Å². The fourth-order valence-corrected chi connectivity index (χ4v) is 4.10. The zero-order valence-electron chi connectivity index (χ0n) is 14.9. The van der Waals surface area contributed by atoms with E-state index in [1.54, 1.807) is 18.3 Å². The van der Waals surface area contributed by atoms with Crippen molar-refractivity contribution in [3.05, 3.63) is 54.2 Å². The third kappa shape index (κ3) is 4.64. The van der Waals surface area contributed by atoms with Crippen molar-refractivity contribution in [2.24, 2.45) is 0 Å². The average molecular weight is 410 g/mol. The van der Waals surface area contributed by atoms with E-state index in [-0.39, 0.29) is 17.7 Å². The van der Waals surface area contributed by atoms with Gasteiger partial charge in [-0.2, -0.15) is 8.78 Å². The Morgan fingerprint density at radius 2 is 1.75 bits per heavy atom. The molecule has 0 bridgehead atoms. The summed E-state index contributed by atoms with van der Waals surface area (Å²) >= 11 is 0. The maximum Gasteiger partial charge on any atom is 0.341 e. The van der Waals surface area contributed by atoms with E-state index in [0.717, 1.165) is 6.07 Å². The molecule has 1 aliphatic rings. The zero-order valence-corrected chi connectivity index (χ0v) is 15.7. The van der Waals surface area contributed by atoms with Crippen molar-refractivity contribution in [3.8, 4) is 5.88 Å². The van der Waals surface area contributed by atoms with Crippen LogP contribution in [-0.4, -0.2) is 37.2 Å². The van der Waals surface area contributed by atoms with Crippen molar-refractivity contribution >= 4 is 15.7 Å². The summed E-state index contributed by atoms with van der Waals surface area (Å²) in [4.78, 5) is 16.0. The van der Waals surface area contributed by atoms with Crippen LogP contribution < -0.4 is 10.1 Å². The molecule has 2 aromatic rings. The van der Waals surface area contributed by atoms with Crippen molar-refractivity contribution in [2.45, 2.75) is 48.5 Å². The van der Waals surface area contributed by atoms with Gasteiger partial charge < -0.3 is 10.1 Å². The molecule has 0 radical (unpaired) electrons. The molecule has 9 heteroatoms. The highest BCUT2D eigenvalue weighted by atomic mass is 32.2. The van der Waals surface area contributed by atoms with Gasteiger partial charge in [-0.05, 0) is 43.9 Å². The molecule has 6 nitrogen and oxygen atoms in total. The van der Waals surface area contributed by atoms with Crippen LogP contribution in [0.25, 0.3) is 0 Å². The normalized spacial score (nSPS) is 20.0. The molecule has 1 N–H and O–H groups in total. The molecule has 1 aliphatic carbocycles. The minimum Gasteiger partial charge on any atom is -0.474 e. The van der Waals surface area contributed by atoms with Crippen LogP contribution >= 0.6 is 0 Å². The summed E-state index contributed by atoms with van der Waals surface area (Å²) in [5, 5.41) is 2.75. The first kappa shape index (κ1) is 20.2. The number of alkyl halides is 2. The molecule has 0 aliphatic heterocycles. The van der Waals surface area contributed by atoms with E-state index < -0.39 is 26.4 Å². The summed E-state index contributed by atoms with van der Waals surface area (Å²) in [5.74, 6) is -3.71. The number of carbonyl (C=O) groups is 1. The molecule has 3 rings (SSSR count). The number of hydrogen-bond donors (Lipinski definition) is 1. The number of rotatable bonds is 6. The molecule has 0 atom stereocenters. The minimum absolute atomic E-state index is 0.0189. The van der Waals surface area contributed by atoms with Gasteiger partial charge in [-0.25, -0.2) is 13.4 Å². The molecule has 1 heterocycles. The predicted octanol–water partition coefficient (Wildman–Crippen LogP) is 3.20. The van der Waals surface area contributed by atoms with Crippen molar-refractivity contribution < 1.29 is 26.7 Å². The maximum atomic E-state index is 12.9. The van der Waals surface area contributed by atoms with Gasteiger partial charge in [0.1, 0.15) is 6.10 Å². The van der Waals surface area contributed by atoms with Gasteiger partial charge in [-0.1, -0.05) is 18.2 Å². The Hall–Kier alpha value is -2.55. The molecular formula is C19H20F2N2O4S. The number of ether oxygens (including phenoxy) is 1. The number of carbonyl (C=O) groups excluding carboxylic acids is 1. The molecule has 1 aromatic carbocycles. The molecule has 0 unspecified atom stereocenters. The lowest BCUT2D eigenvalue weighted by Crippen LogP contribution is -2.40. The standard InChI is InChI=1S/C19H20F2N2O4S/c20-19(21)28(25,26)16-6-2-1-5-15(16)18(24)23-13-8-10-14(11-9-13)27-17-7-3-4-12-22-17/h1-7,12-14,19H,8-11H2,(H,23,24). The summed E-state index contributed by atoms with van der Waals surface area (Å²) in [5.41, 5.74) is -0.269. The number of pyridine rings is 1. The number of aromatic nitrogens is 1.